The highest BCUT2D eigenvalue weighted by Crippen LogP contribution is 2.41. The lowest BCUT2D eigenvalue weighted by atomic mass is 9.99. The molecule has 1 aromatic carbocycles. The van der Waals surface area contributed by atoms with Crippen molar-refractivity contribution >= 4 is 62.9 Å². The van der Waals surface area contributed by atoms with Crippen molar-refractivity contribution in [2.24, 2.45) is 0 Å². The van der Waals surface area contributed by atoms with Crippen LogP contribution in [0.3, 0.4) is 0 Å². The highest BCUT2D eigenvalue weighted by atomic mass is 79.9. The lowest BCUT2D eigenvalue weighted by Gasteiger charge is -2.43. The molecule has 2 N–H and O–H groups in total. The summed E-state index contributed by atoms with van der Waals surface area (Å²) in [6.07, 6.45) is 8.18. The Bertz CT molecular complexity index is 1730. The van der Waals surface area contributed by atoms with Crippen molar-refractivity contribution in [3.8, 4) is 5.75 Å². The molecule has 2 aliphatic heterocycles. The molecule has 246 valence electrons. The molecule has 0 bridgehead atoms. The van der Waals surface area contributed by atoms with Crippen LogP contribution in [0.5, 0.6) is 5.75 Å². The summed E-state index contributed by atoms with van der Waals surface area (Å²) in [5.41, 5.74) is 4.50. The van der Waals surface area contributed by atoms with Gasteiger partial charge >= 0.3 is 0 Å². The van der Waals surface area contributed by atoms with Crippen LogP contribution in [0, 0.1) is 0 Å². The average molecular weight is 712 g/mol. The Kier molecular flexibility index (Phi) is 9.84. The van der Waals surface area contributed by atoms with Gasteiger partial charge in [-0.05, 0) is 72.8 Å². The third-order valence-corrected chi connectivity index (χ3v) is 11.3. The first-order chi connectivity index (χ1) is 22.2. The van der Waals surface area contributed by atoms with Crippen molar-refractivity contribution in [3.05, 3.63) is 47.0 Å². The second-order valence-corrected chi connectivity index (χ2v) is 16.3. The number of hydrogen-bond donors (Lipinski definition) is 2. The number of benzene rings is 1. The minimum atomic E-state index is -2.72. The molecular weight excluding hydrogens is 667 g/mol. The molecule has 0 aliphatic carbocycles. The number of halogens is 1. The molecule has 0 unspecified atom stereocenters. The molecule has 3 aromatic heterocycles. The first-order valence-corrected chi connectivity index (χ1v) is 19.4. The molecule has 14 heteroatoms. The van der Waals surface area contributed by atoms with E-state index in [1.807, 2.05) is 6.07 Å². The molecule has 0 radical (unpaired) electrons. The first-order valence-electron chi connectivity index (χ1n) is 16.0. The first kappa shape index (κ1) is 32.7. The number of ether oxygens (including phenoxy) is 1. The van der Waals surface area contributed by atoms with Gasteiger partial charge in [-0.1, -0.05) is 13.8 Å². The Balaban J connectivity index is 1.20. The topological polar surface area (TPSA) is 116 Å². The van der Waals surface area contributed by atoms with Gasteiger partial charge in [-0.15, -0.1) is 0 Å². The summed E-state index contributed by atoms with van der Waals surface area (Å²) >= 11 is 3.58. The largest absolute Gasteiger partial charge is 0.494 e. The van der Waals surface area contributed by atoms with Gasteiger partial charge in [0.2, 0.25) is 5.95 Å². The smallest absolute Gasteiger partial charge is 0.229 e. The highest BCUT2D eigenvalue weighted by molar-refractivity contribution is 9.10. The second-order valence-electron chi connectivity index (χ2n) is 12.3. The normalized spacial score (nSPS) is 17.0. The number of rotatable bonds is 10. The Morgan fingerprint density at radius 3 is 2.46 bits per heavy atom. The highest BCUT2D eigenvalue weighted by Gasteiger charge is 2.28. The minimum absolute atomic E-state index is 0.407. The summed E-state index contributed by atoms with van der Waals surface area (Å²) in [5, 5.41) is 11.6. The molecular formula is C32H44BrN10O2P. The second kappa shape index (κ2) is 13.9. The van der Waals surface area contributed by atoms with Crippen LogP contribution in [-0.2, 0) is 11.0 Å². The van der Waals surface area contributed by atoms with Crippen LogP contribution in [-0.4, -0.2) is 107 Å². The number of nitrogens with zero attached hydrogens (tertiary/aromatic N) is 8. The van der Waals surface area contributed by atoms with Gasteiger partial charge in [0.15, 0.2) is 5.65 Å². The summed E-state index contributed by atoms with van der Waals surface area (Å²) in [5.74, 6) is 1.67. The van der Waals surface area contributed by atoms with Gasteiger partial charge in [0.05, 0.1) is 28.3 Å². The van der Waals surface area contributed by atoms with E-state index in [9.17, 15) is 4.57 Å². The number of piperazine rings is 1. The fraction of sp³-hybridized carbons (Fsp3) is 0.500. The zero-order valence-corrected chi connectivity index (χ0v) is 29.8. The third kappa shape index (κ3) is 6.88. The summed E-state index contributed by atoms with van der Waals surface area (Å²) < 4.78 is 21.5. The van der Waals surface area contributed by atoms with Crippen molar-refractivity contribution in [3.63, 3.8) is 0 Å². The van der Waals surface area contributed by atoms with E-state index in [1.54, 1.807) is 37.3 Å². The molecule has 0 amide bonds. The van der Waals surface area contributed by atoms with Crippen molar-refractivity contribution in [2.75, 3.05) is 81.8 Å². The molecule has 0 spiro atoms. The summed E-state index contributed by atoms with van der Waals surface area (Å²) in [6.45, 7) is 15.8. The quantitative estimate of drug-likeness (QED) is 0.212. The van der Waals surface area contributed by atoms with E-state index in [4.69, 9.17) is 9.72 Å². The van der Waals surface area contributed by atoms with Gasteiger partial charge in [0, 0.05) is 69.5 Å². The van der Waals surface area contributed by atoms with Crippen LogP contribution in [0.25, 0.3) is 5.65 Å². The van der Waals surface area contributed by atoms with E-state index in [2.05, 4.69) is 82.3 Å². The fourth-order valence-corrected chi connectivity index (χ4v) is 8.29. The number of hydrogen-bond acceptors (Lipinski definition) is 11. The van der Waals surface area contributed by atoms with Crippen LogP contribution in [0.15, 0.2) is 41.4 Å². The van der Waals surface area contributed by atoms with Crippen molar-refractivity contribution in [2.45, 2.75) is 39.2 Å². The Morgan fingerprint density at radius 2 is 1.78 bits per heavy atom. The van der Waals surface area contributed by atoms with Crippen LogP contribution in [0.2, 0.25) is 0 Å². The van der Waals surface area contributed by atoms with Gasteiger partial charge in [-0.3, -0.25) is 4.90 Å². The predicted octanol–water partition coefficient (Wildman–Crippen LogP) is 5.19. The van der Waals surface area contributed by atoms with E-state index in [-0.39, 0.29) is 0 Å². The van der Waals surface area contributed by atoms with Crippen LogP contribution >= 0.6 is 23.1 Å². The van der Waals surface area contributed by atoms with E-state index >= 15 is 0 Å². The molecule has 2 fully saturated rings. The zero-order valence-electron chi connectivity index (χ0n) is 27.3. The zero-order chi connectivity index (χ0) is 32.4. The fourth-order valence-electron chi connectivity index (χ4n) is 6.64. The molecule has 2 saturated heterocycles. The maximum Gasteiger partial charge on any atom is 0.229 e. The van der Waals surface area contributed by atoms with Gasteiger partial charge < -0.3 is 29.7 Å². The van der Waals surface area contributed by atoms with Crippen LogP contribution < -0.4 is 25.6 Å². The summed E-state index contributed by atoms with van der Waals surface area (Å²) in [6, 6.07) is 6.81. The van der Waals surface area contributed by atoms with Crippen LogP contribution in [0.1, 0.15) is 32.3 Å². The molecule has 2 aliphatic rings. The van der Waals surface area contributed by atoms with Crippen LogP contribution in [0.4, 0.5) is 28.8 Å². The number of pyridine rings is 1. The number of aryl methyl sites for hydroxylation is 1. The molecule has 12 nitrogen and oxygen atoms in total. The lowest BCUT2D eigenvalue weighted by Crippen LogP contribution is -2.53. The minimum Gasteiger partial charge on any atom is -0.494 e. The lowest BCUT2D eigenvalue weighted by molar-refractivity contribution is 0.0878. The number of nitrogens with one attached hydrogen (secondary N) is 2. The molecule has 46 heavy (non-hydrogen) atoms. The Labute approximate surface area is 279 Å². The van der Waals surface area contributed by atoms with Crippen molar-refractivity contribution < 1.29 is 9.30 Å². The monoisotopic (exact) mass is 710 g/mol. The predicted molar refractivity (Wildman–Crippen MR) is 190 cm³/mol. The van der Waals surface area contributed by atoms with Gasteiger partial charge in [0.1, 0.15) is 25.0 Å². The van der Waals surface area contributed by atoms with E-state index in [1.165, 1.54) is 56.6 Å². The molecule has 4 aromatic rings. The molecule has 0 saturated carbocycles. The van der Waals surface area contributed by atoms with E-state index < -0.39 is 7.14 Å². The molecule has 5 heterocycles. The van der Waals surface area contributed by atoms with Crippen molar-refractivity contribution in [1.82, 2.24) is 34.4 Å². The maximum absolute atomic E-state index is 13.3. The number of fused-ring (bicyclic) bond motifs is 1. The Morgan fingerprint density at radius 1 is 1.02 bits per heavy atom. The number of likely N-dealkylation sites (N-methyl/N-ethyl adjacent to an activating group) is 1. The van der Waals surface area contributed by atoms with E-state index in [0.717, 1.165) is 37.5 Å². The van der Waals surface area contributed by atoms with Gasteiger partial charge in [0.25, 0.3) is 0 Å². The number of methoxy groups -OCH3 is 1. The number of aromatic nitrogens is 5. The number of anilines is 5. The average Bonchev–Trinajstić information content (AvgIpc) is 3.54. The summed E-state index contributed by atoms with van der Waals surface area (Å²) in [4.78, 5) is 21.4. The summed E-state index contributed by atoms with van der Waals surface area (Å²) in [7, 11) is -1.02. The van der Waals surface area contributed by atoms with Crippen molar-refractivity contribution in [1.29, 1.82) is 0 Å². The molecule has 6 rings (SSSR count). The molecule has 0 atom stereocenters. The maximum atomic E-state index is 13.3. The SMILES string of the molecule is CCc1cc(Nc2ncc(Br)c(Nc3ccn4ncnc4c3P(C)(C)=O)n2)c(OC)cc1N1CCC(N2CCN(CC)CC2)CC1. The third-order valence-electron chi connectivity index (χ3n) is 9.16. The van der Waals surface area contributed by atoms with Gasteiger partial charge in [-0.25, -0.2) is 14.5 Å². The van der Waals surface area contributed by atoms with Gasteiger partial charge in [-0.2, -0.15) is 10.1 Å². The Hall–Kier alpha value is -3.25. The number of piperidine rings is 1. The van der Waals surface area contributed by atoms with E-state index in [0.29, 0.717) is 38.9 Å². The standard InChI is InChI=1S/C32H44BrN10O2P/c1-6-22-18-26(28(45-3)19-27(22)42-11-8-23(9-12-42)41-16-14-40(7-2)15-17-41)38-32-34-20-24(33)30(39-32)37-25-10-13-43-31(35-21-36-43)29(25)46(4,5)44/h10,13,18-21,23H,6-9,11-12,14-17H2,1-5H3,(H2,34,37,38,39).